The van der Waals surface area contributed by atoms with E-state index in [4.69, 9.17) is 0 Å². The fourth-order valence-corrected chi connectivity index (χ4v) is 3.42. The SMILES string of the molecule is CCN(CC(=O)Nc1nc(-c2ccccc2OC(F)F)cs1)c1ccccc1. The van der Waals surface area contributed by atoms with Crippen molar-refractivity contribution in [1.82, 2.24) is 4.98 Å². The predicted octanol–water partition coefficient (Wildman–Crippen LogP) is 4.88. The highest BCUT2D eigenvalue weighted by molar-refractivity contribution is 7.14. The summed E-state index contributed by atoms with van der Waals surface area (Å²) in [6, 6.07) is 16.1. The van der Waals surface area contributed by atoms with Gasteiger partial charge < -0.3 is 15.0 Å². The van der Waals surface area contributed by atoms with Crippen LogP contribution in [0.4, 0.5) is 19.6 Å². The van der Waals surface area contributed by atoms with Crippen LogP contribution in [0.5, 0.6) is 5.75 Å². The third kappa shape index (κ3) is 5.04. The number of alkyl halides is 2. The Bertz CT molecular complexity index is 919. The van der Waals surface area contributed by atoms with Crippen LogP contribution < -0.4 is 15.0 Å². The van der Waals surface area contributed by atoms with Gasteiger partial charge in [-0.25, -0.2) is 4.98 Å². The Labute approximate surface area is 165 Å². The second-order valence-electron chi connectivity index (χ2n) is 5.81. The summed E-state index contributed by atoms with van der Waals surface area (Å²) in [5.74, 6) is -0.161. The van der Waals surface area contributed by atoms with Gasteiger partial charge in [0.15, 0.2) is 5.13 Å². The highest BCUT2D eigenvalue weighted by Gasteiger charge is 2.15. The van der Waals surface area contributed by atoms with E-state index in [1.807, 2.05) is 42.2 Å². The number of nitrogens with zero attached hydrogens (tertiary/aromatic N) is 2. The molecular formula is C20H19F2N3O2S. The molecule has 3 aromatic rings. The predicted molar refractivity (Wildman–Crippen MR) is 107 cm³/mol. The molecule has 1 heterocycles. The number of benzene rings is 2. The fourth-order valence-electron chi connectivity index (χ4n) is 2.69. The summed E-state index contributed by atoms with van der Waals surface area (Å²) in [6.45, 7) is -0.0850. The van der Waals surface area contributed by atoms with E-state index in [9.17, 15) is 13.6 Å². The molecular weight excluding hydrogens is 384 g/mol. The molecule has 5 nitrogen and oxygen atoms in total. The number of ether oxygens (including phenoxy) is 1. The number of nitrogens with one attached hydrogen (secondary N) is 1. The topological polar surface area (TPSA) is 54.5 Å². The third-order valence-corrected chi connectivity index (χ3v) is 4.72. The van der Waals surface area contributed by atoms with Gasteiger partial charge in [-0.05, 0) is 31.2 Å². The molecule has 0 fully saturated rings. The van der Waals surface area contributed by atoms with Crippen LogP contribution in [-0.2, 0) is 4.79 Å². The average molecular weight is 403 g/mol. The first-order valence-electron chi connectivity index (χ1n) is 8.66. The monoisotopic (exact) mass is 403 g/mol. The number of amides is 1. The maximum atomic E-state index is 12.6. The molecule has 8 heteroatoms. The van der Waals surface area contributed by atoms with Crippen molar-refractivity contribution in [2.75, 3.05) is 23.3 Å². The molecule has 28 heavy (non-hydrogen) atoms. The molecule has 1 amide bonds. The van der Waals surface area contributed by atoms with E-state index in [2.05, 4.69) is 15.0 Å². The van der Waals surface area contributed by atoms with Crippen LogP contribution in [0.1, 0.15) is 6.92 Å². The minimum absolute atomic E-state index is 0.0434. The highest BCUT2D eigenvalue weighted by atomic mass is 32.1. The third-order valence-electron chi connectivity index (χ3n) is 3.97. The lowest BCUT2D eigenvalue weighted by Crippen LogP contribution is -2.33. The summed E-state index contributed by atoms with van der Waals surface area (Å²) in [5.41, 5.74) is 1.86. The second-order valence-corrected chi connectivity index (χ2v) is 6.67. The Morgan fingerprint density at radius 3 is 2.61 bits per heavy atom. The van der Waals surface area contributed by atoms with Crippen LogP contribution in [0.3, 0.4) is 0 Å². The molecule has 146 valence electrons. The molecule has 0 aliphatic carbocycles. The van der Waals surface area contributed by atoms with Crippen molar-refractivity contribution in [1.29, 1.82) is 0 Å². The molecule has 0 unspecified atom stereocenters. The standard InChI is InChI=1S/C20H19F2N3O2S/c1-2-25(14-8-4-3-5-9-14)12-18(26)24-20-23-16(13-28-20)15-10-6-7-11-17(15)27-19(21)22/h3-11,13,19H,2,12H2,1H3,(H,23,24,26). The summed E-state index contributed by atoms with van der Waals surface area (Å²) < 4.78 is 29.7. The van der Waals surface area contributed by atoms with Gasteiger partial charge in [0.25, 0.3) is 0 Å². The summed E-state index contributed by atoms with van der Waals surface area (Å²) in [5, 5.41) is 4.86. The van der Waals surface area contributed by atoms with E-state index in [-0.39, 0.29) is 18.2 Å². The van der Waals surface area contributed by atoms with Gasteiger partial charge >= 0.3 is 6.61 Å². The van der Waals surface area contributed by atoms with Gasteiger partial charge in [-0.1, -0.05) is 30.3 Å². The quantitative estimate of drug-likeness (QED) is 0.583. The number of likely N-dealkylation sites (N-methyl/N-ethyl adjacent to an activating group) is 1. The van der Waals surface area contributed by atoms with Crippen LogP contribution in [0.25, 0.3) is 11.3 Å². The molecule has 1 N–H and O–H groups in total. The Morgan fingerprint density at radius 1 is 1.18 bits per heavy atom. The zero-order chi connectivity index (χ0) is 19.9. The Morgan fingerprint density at radius 2 is 1.89 bits per heavy atom. The molecule has 0 radical (unpaired) electrons. The Hall–Kier alpha value is -3.00. The van der Waals surface area contributed by atoms with Crippen LogP contribution in [0.15, 0.2) is 60.0 Å². The molecule has 0 atom stereocenters. The van der Waals surface area contributed by atoms with Crippen molar-refractivity contribution in [2.45, 2.75) is 13.5 Å². The normalized spacial score (nSPS) is 10.7. The molecule has 0 saturated carbocycles. The van der Waals surface area contributed by atoms with Crippen molar-refractivity contribution in [3.05, 3.63) is 60.0 Å². The summed E-state index contributed by atoms with van der Waals surface area (Å²) in [7, 11) is 0. The first-order chi connectivity index (χ1) is 13.6. The summed E-state index contributed by atoms with van der Waals surface area (Å²) >= 11 is 1.23. The number of aromatic nitrogens is 1. The van der Waals surface area contributed by atoms with Crippen LogP contribution in [-0.4, -0.2) is 30.6 Å². The van der Waals surface area contributed by atoms with Gasteiger partial charge in [-0.15, -0.1) is 11.3 Å². The number of rotatable bonds is 8. The van der Waals surface area contributed by atoms with Crippen molar-refractivity contribution in [3.8, 4) is 17.0 Å². The van der Waals surface area contributed by atoms with Crippen molar-refractivity contribution < 1.29 is 18.3 Å². The minimum atomic E-state index is -2.92. The van der Waals surface area contributed by atoms with Gasteiger partial charge in [-0.3, -0.25) is 4.79 Å². The number of carbonyl (C=O) groups excluding carboxylic acids is 1. The molecule has 0 aliphatic heterocycles. The van der Waals surface area contributed by atoms with Gasteiger partial charge in [0.1, 0.15) is 5.75 Å². The number of thiazole rings is 1. The molecule has 2 aromatic carbocycles. The molecule has 1 aromatic heterocycles. The van der Waals surface area contributed by atoms with Crippen molar-refractivity contribution >= 4 is 28.1 Å². The first-order valence-corrected chi connectivity index (χ1v) is 9.54. The van der Waals surface area contributed by atoms with Crippen LogP contribution in [0, 0.1) is 0 Å². The Kier molecular flexibility index (Phi) is 6.54. The number of hydrogen-bond donors (Lipinski definition) is 1. The van der Waals surface area contributed by atoms with E-state index in [0.29, 0.717) is 22.9 Å². The summed E-state index contributed by atoms with van der Waals surface area (Å²) in [4.78, 5) is 18.7. The lowest BCUT2D eigenvalue weighted by molar-refractivity contribution is -0.115. The minimum Gasteiger partial charge on any atom is -0.434 e. The average Bonchev–Trinajstić information content (AvgIpc) is 3.15. The lowest BCUT2D eigenvalue weighted by Gasteiger charge is -2.22. The number of carbonyl (C=O) groups is 1. The highest BCUT2D eigenvalue weighted by Crippen LogP contribution is 2.33. The van der Waals surface area contributed by atoms with Gasteiger partial charge in [0.05, 0.1) is 12.2 Å². The van der Waals surface area contributed by atoms with Crippen molar-refractivity contribution in [2.24, 2.45) is 0 Å². The second kappa shape index (κ2) is 9.27. The van der Waals surface area contributed by atoms with E-state index in [0.717, 1.165) is 5.69 Å². The number of hydrogen-bond acceptors (Lipinski definition) is 5. The molecule has 0 bridgehead atoms. The van der Waals surface area contributed by atoms with Crippen molar-refractivity contribution in [3.63, 3.8) is 0 Å². The smallest absolute Gasteiger partial charge is 0.387 e. The van der Waals surface area contributed by atoms with Crippen LogP contribution >= 0.6 is 11.3 Å². The molecule has 0 aliphatic rings. The van der Waals surface area contributed by atoms with E-state index >= 15 is 0 Å². The molecule has 0 spiro atoms. The van der Waals surface area contributed by atoms with E-state index in [1.54, 1.807) is 23.6 Å². The van der Waals surface area contributed by atoms with Gasteiger partial charge in [0.2, 0.25) is 5.91 Å². The maximum Gasteiger partial charge on any atom is 0.387 e. The van der Waals surface area contributed by atoms with Gasteiger partial charge in [0, 0.05) is 23.2 Å². The summed E-state index contributed by atoms with van der Waals surface area (Å²) in [6.07, 6.45) is 0. The molecule has 0 saturated heterocycles. The first kappa shape index (κ1) is 19.8. The van der Waals surface area contributed by atoms with E-state index in [1.165, 1.54) is 17.4 Å². The fraction of sp³-hybridized carbons (Fsp3) is 0.200. The van der Waals surface area contributed by atoms with Gasteiger partial charge in [-0.2, -0.15) is 8.78 Å². The number of halogens is 2. The zero-order valence-corrected chi connectivity index (χ0v) is 16.0. The Balaban J connectivity index is 1.69. The van der Waals surface area contributed by atoms with Crippen LogP contribution in [0.2, 0.25) is 0 Å². The molecule has 3 rings (SSSR count). The lowest BCUT2D eigenvalue weighted by atomic mass is 10.1. The number of para-hydroxylation sites is 2. The number of anilines is 2. The largest absolute Gasteiger partial charge is 0.434 e. The zero-order valence-electron chi connectivity index (χ0n) is 15.1. The van der Waals surface area contributed by atoms with E-state index < -0.39 is 6.61 Å². The maximum absolute atomic E-state index is 12.6.